The first-order chi connectivity index (χ1) is 19.1. The summed E-state index contributed by atoms with van der Waals surface area (Å²) in [7, 11) is 0. The van der Waals surface area contributed by atoms with Gasteiger partial charge in [-0.3, -0.25) is 9.59 Å². The van der Waals surface area contributed by atoms with Gasteiger partial charge in [-0.05, 0) is 54.3 Å². The van der Waals surface area contributed by atoms with Crippen molar-refractivity contribution in [2.24, 2.45) is 0 Å². The largest absolute Gasteiger partial charge is 0.503 e. The molecule has 0 bridgehead atoms. The van der Waals surface area contributed by atoms with Gasteiger partial charge in [-0.15, -0.1) is 0 Å². The van der Waals surface area contributed by atoms with Crippen LogP contribution in [0.1, 0.15) is 45.9 Å². The average molecular weight is 572 g/mol. The number of halogens is 4. The van der Waals surface area contributed by atoms with Crippen LogP contribution in [0.3, 0.4) is 0 Å². The Balaban J connectivity index is 1.56. The van der Waals surface area contributed by atoms with Crippen LogP contribution in [0.5, 0.6) is 5.75 Å². The van der Waals surface area contributed by atoms with Crippen LogP contribution in [0.25, 0.3) is 0 Å². The fourth-order valence-electron chi connectivity index (χ4n) is 5.06. The molecule has 0 spiro atoms. The van der Waals surface area contributed by atoms with E-state index in [0.29, 0.717) is 26.1 Å². The van der Waals surface area contributed by atoms with E-state index in [4.69, 9.17) is 21.1 Å². The summed E-state index contributed by atoms with van der Waals surface area (Å²) in [5.41, 5.74) is 0.00797. The molecule has 40 heavy (non-hydrogen) atoms. The van der Waals surface area contributed by atoms with E-state index in [1.54, 1.807) is 6.07 Å². The highest BCUT2D eigenvalue weighted by Gasteiger charge is 2.47. The molecule has 3 aromatic carbocycles. The van der Waals surface area contributed by atoms with E-state index < -0.39 is 41.3 Å². The zero-order valence-electron chi connectivity index (χ0n) is 21.2. The van der Waals surface area contributed by atoms with E-state index in [-0.39, 0.29) is 34.1 Å². The van der Waals surface area contributed by atoms with Gasteiger partial charge in [-0.2, -0.15) is 13.2 Å². The minimum Gasteiger partial charge on any atom is -0.503 e. The molecule has 0 radical (unpaired) electrons. The van der Waals surface area contributed by atoms with E-state index in [2.05, 4.69) is 0 Å². The normalized spacial score (nSPS) is 18.4. The molecule has 1 fully saturated rings. The van der Waals surface area contributed by atoms with Gasteiger partial charge in [0, 0.05) is 24.3 Å². The number of hydrogen-bond donors (Lipinski definition) is 1. The van der Waals surface area contributed by atoms with E-state index in [0.717, 1.165) is 17.7 Å². The fraction of sp³-hybridized carbons (Fsp3) is 0.267. The lowest BCUT2D eigenvalue weighted by Gasteiger charge is -2.36. The van der Waals surface area contributed by atoms with Gasteiger partial charge in [-0.1, -0.05) is 54.1 Å². The summed E-state index contributed by atoms with van der Waals surface area (Å²) in [5, 5.41) is 11.3. The number of nitrogens with zero attached hydrogens (tertiary/aromatic N) is 1. The van der Waals surface area contributed by atoms with Crippen LogP contribution in [0.4, 0.5) is 13.2 Å². The number of hydrogen-bond acceptors (Lipinski definition) is 5. The highest BCUT2D eigenvalue weighted by molar-refractivity contribution is 6.31. The number of benzene rings is 3. The van der Waals surface area contributed by atoms with Gasteiger partial charge < -0.3 is 19.5 Å². The number of carbonyl (C=O) groups is 2. The third-order valence-electron chi connectivity index (χ3n) is 7.05. The fourth-order valence-corrected chi connectivity index (χ4v) is 5.23. The summed E-state index contributed by atoms with van der Waals surface area (Å²) in [6, 6.07) is 16.5. The Labute approximate surface area is 233 Å². The van der Waals surface area contributed by atoms with E-state index in [1.807, 2.05) is 30.3 Å². The van der Waals surface area contributed by atoms with Crippen molar-refractivity contribution in [2.45, 2.75) is 37.7 Å². The molecule has 208 valence electrons. The second-order valence-electron chi connectivity index (χ2n) is 9.58. The smallest absolute Gasteiger partial charge is 0.416 e. The number of ketones is 1. The predicted octanol–water partition coefficient (Wildman–Crippen LogP) is 6.70. The van der Waals surface area contributed by atoms with Crippen molar-refractivity contribution in [3.8, 4) is 5.75 Å². The maximum atomic E-state index is 14.1. The van der Waals surface area contributed by atoms with Gasteiger partial charge in [0.05, 0.1) is 22.7 Å². The van der Waals surface area contributed by atoms with Crippen molar-refractivity contribution in [3.05, 3.63) is 111 Å². The topological polar surface area (TPSA) is 76.1 Å². The Kier molecular flexibility index (Phi) is 7.87. The molecule has 2 aliphatic heterocycles. The Hall–Kier alpha value is -3.82. The molecule has 10 heteroatoms. The number of carbonyl (C=O) groups excluding carboxylic acids is 2. The summed E-state index contributed by atoms with van der Waals surface area (Å²) in [6.45, 7) is 0.872. The number of Topliss-reactive ketones (excluding diaryl/α,β-unsaturated/α-hetero) is 1. The number of ether oxygens (including phenoxy) is 2. The van der Waals surface area contributed by atoms with Gasteiger partial charge >= 0.3 is 6.18 Å². The molecule has 0 aromatic heterocycles. The van der Waals surface area contributed by atoms with E-state index in [9.17, 15) is 27.9 Å². The Bertz CT molecular complexity index is 1430. The molecule has 2 aliphatic rings. The summed E-state index contributed by atoms with van der Waals surface area (Å²) >= 11 is 6.23. The monoisotopic (exact) mass is 571 g/mol. The quantitative estimate of drug-likeness (QED) is 0.320. The third-order valence-corrected chi connectivity index (χ3v) is 7.28. The van der Waals surface area contributed by atoms with Crippen molar-refractivity contribution < 1.29 is 37.3 Å². The molecular formula is C30H25ClF3NO5. The van der Waals surface area contributed by atoms with Crippen LogP contribution in [0, 0.1) is 0 Å². The molecular weight excluding hydrogens is 547 g/mol. The SMILES string of the molecule is O=C(C1=C(O)C(=O)N(C2CCOCC2)C1c1ccc(C(F)(F)F)cc1)c1cc(Cl)ccc1OCc1ccccc1. The minimum atomic E-state index is -4.56. The summed E-state index contributed by atoms with van der Waals surface area (Å²) in [4.78, 5) is 28.9. The van der Waals surface area contributed by atoms with E-state index >= 15 is 0 Å². The van der Waals surface area contributed by atoms with Crippen molar-refractivity contribution in [1.82, 2.24) is 4.90 Å². The minimum absolute atomic E-state index is 0.0171. The van der Waals surface area contributed by atoms with Crippen LogP contribution >= 0.6 is 11.6 Å². The molecule has 1 saturated heterocycles. The third kappa shape index (κ3) is 5.57. The first kappa shape index (κ1) is 27.7. The summed E-state index contributed by atoms with van der Waals surface area (Å²) in [6.07, 6.45) is -3.67. The second-order valence-corrected chi connectivity index (χ2v) is 10.0. The maximum absolute atomic E-state index is 14.1. The zero-order chi connectivity index (χ0) is 28.4. The van der Waals surface area contributed by atoms with Gasteiger partial charge in [0.15, 0.2) is 11.5 Å². The Morgan fingerprint density at radius 3 is 2.35 bits per heavy atom. The lowest BCUT2D eigenvalue weighted by molar-refractivity contribution is -0.138. The second kappa shape index (κ2) is 11.3. The van der Waals surface area contributed by atoms with Crippen molar-refractivity contribution in [3.63, 3.8) is 0 Å². The van der Waals surface area contributed by atoms with Gasteiger partial charge in [-0.25, -0.2) is 0 Å². The number of alkyl halides is 3. The van der Waals surface area contributed by atoms with Crippen LogP contribution in [0.15, 0.2) is 84.1 Å². The molecule has 1 N–H and O–H groups in total. The lowest BCUT2D eigenvalue weighted by Crippen LogP contribution is -2.43. The molecule has 3 aromatic rings. The zero-order valence-corrected chi connectivity index (χ0v) is 21.9. The van der Waals surface area contributed by atoms with Crippen LogP contribution in [-0.4, -0.2) is 41.0 Å². The number of aliphatic hydroxyl groups is 1. The Morgan fingerprint density at radius 1 is 1.02 bits per heavy atom. The molecule has 5 rings (SSSR count). The molecule has 0 aliphatic carbocycles. The average Bonchev–Trinajstić information content (AvgIpc) is 3.22. The van der Waals surface area contributed by atoms with Crippen molar-refractivity contribution in [1.29, 1.82) is 0 Å². The first-order valence-electron chi connectivity index (χ1n) is 12.7. The molecule has 0 saturated carbocycles. The highest BCUT2D eigenvalue weighted by atomic mass is 35.5. The summed E-state index contributed by atoms with van der Waals surface area (Å²) in [5.74, 6) is -2.05. The Morgan fingerprint density at radius 2 is 1.70 bits per heavy atom. The summed E-state index contributed by atoms with van der Waals surface area (Å²) < 4.78 is 51.2. The van der Waals surface area contributed by atoms with Crippen LogP contribution in [0.2, 0.25) is 5.02 Å². The molecule has 2 heterocycles. The van der Waals surface area contributed by atoms with E-state index in [1.165, 1.54) is 29.2 Å². The van der Waals surface area contributed by atoms with Gasteiger partial charge in [0.2, 0.25) is 0 Å². The van der Waals surface area contributed by atoms with Crippen LogP contribution in [-0.2, 0) is 22.3 Å². The number of amides is 1. The molecule has 6 nitrogen and oxygen atoms in total. The molecule has 1 amide bonds. The standard InChI is InChI=1S/C30H25ClF3NO5/c31-21-10-11-24(40-17-18-4-2-1-3-5-18)23(16-21)27(36)25-26(19-6-8-20(9-7-19)30(32,33)34)35(29(38)28(25)37)22-12-14-39-15-13-22/h1-11,16,22,26,37H,12-15,17H2. The number of rotatable bonds is 7. The maximum Gasteiger partial charge on any atom is 0.416 e. The first-order valence-corrected chi connectivity index (χ1v) is 13.0. The van der Waals surface area contributed by atoms with Gasteiger partial charge in [0.25, 0.3) is 5.91 Å². The molecule has 1 unspecified atom stereocenters. The van der Waals surface area contributed by atoms with Gasteiger partial charge in [0.1, 0.15) is 12.4 Å². The lowest BCUT2D eigenvalue weighted by atomic mass is 9.90. The van der Waals surface area contributed by atoms with Crippen LogP contribution < -0.4 is 4.74 Å². The number of aliphatic hydroxyl groups excluding tert-OH is 1. The highest BCUT2D eigenvalue weighted by Crippen LogP contribution is 2.43. The van der Waals surface area contributed by atoms with Crippen molar-refractivity contribution >= 4 is 23.3 Å². The predicted molar refractivity (Wildman–Crippen MR) is 141 cm³/mol. The van der Waals surface area contributed by atoms with Crippen molar-refractivity contribution in [2.75, 3.05) is 13.2 Å². The molecule has 1 atom stereocenters.